The molecule has 0 amide bonds. The van der Waals surface area contributed by atoms with Gasteiger partial charge in [0.05, 0.1) is 5.02 Å². The maximum Gasteiger partial charge on any atom is 0.246 e. The first-order valence-electron chi connectivity index (χ1n) is 7.06. The molecule has 0 bridgehead atoms. The fourth-order valence-electron chi connectivity index (χ4n) is 2.47. The second kappa shape index (κ2) is 7.13. The van der Waals surface area contributed by atoms with Gasteiger partial charge in [-0.15, -0.1) is 0 Å². The Balaban J connectivity index is 1.79. The van der Waals surface area contributed by atoms with Crippen LogP contribution in [0.4, 0.5) is 5.82 Å². The number of sulfonamides is 1. The third kappa shape index (κ3) is 3.52. The molecule has 1 aliphatic heterocycles. The van der Waals surface area contributed by atoms with Crippen molar-refractivity contribution in [1.29, 1.82) is 0 Å². The lowest BCUT2D eigenvalue weighted by Gasteiger charge is -2.35. The molecular formula is C14H13BrCl2N4O2S. The molecule has 128 valence electrons. The molecule has 0 N–H and O–H groups in total. The quantitative estimate of drug-likeness (QED) is 0.671. The molecule has 0 spiro atoms. The van der Waals surface area contributed by atoms with Gasteiger partial charge in [-0.25, -0.2) is 18.4 Å². The van der Waals surface area contributed by atoms with Crippen LogP contribution in [-0.4, -0.2) is 48.9 Å². The largest absolute Gasteiger partial charge is 0.353 e. The van der Waals surface area contributed by atoms with Gasteiger partial charge < -0.3 is 4.90 Å². The molecule has 0 aliphatic carbocycles. The second-order valence-electron chi connectivity index (χ2n) is 5.14. The maximum atomic E-state index is 12.8. The third-order valence-corrected chi connectivity index (χ3v) is 6.72. The zero-order valence-electron chi connectivity index (χ0n) is 12.4. The van der Waals surface area contributed by atoms with Crippen molar-refractivity contribution in [2.24, 2.45) is 0 Å². The first kappa shape index (κ1) is 17.9. The monoisotopic (exact) mass is 450 g/mol. The Kier molecular flexibility index (Phi) is 5.31. The van der Waals surface area contributed by atoms with Gasteiger partial charge in [0.15, 0.2) is 0 Å². The predicted octanol–water partition coefficient (Wildman–Crippen LogP) is 3.06. The van der Waals surface area contributed by atoms with Gasteiger partial charge in [-0.3, -0.25) is 0 Å². The summed E-state index contributed by atoms with van der Waals surface area (Å²) in [6, 6.07) is 4.99. The second-order valence-corrected chi connectivity index (χ2v) is 8.73. The minimum Gasteiger partial charge on any atom is -0.353 e. The van der Waals surface area contributed by atoms with Crippen molar-refractivity contribution in [2.45, 2.75) is 4.90 Å². The van der Waals surface area contributed by atoms with Crippen LogP contribution >= 0.6 is 39.1 Å². The molecule has 24 heavy (non-hydrogen) atoms. The number of aromatic nitrogens is 2. The van der Waals surface area contributed by atoms with Crippen LogP contribution in [0.1, 0.15) is 0 Å². The minimum atomic E-state index is -3.70. The zero-order chi connectivity index (χ0) is 17.3. The number of pyridine rings is 2. The minimum absolute atomic E-state index is 0.00265. The number of halogens is 3. The predicted molar refractivity (Wildman–Crippen MR) is 97.2 cm³/mol. The van der Waals surface area contributed by atoms with Crippen molar-refractivity contribution >= 4 is 55.0 Å². The molecule has 10 heteroatoms. The van der Waals surface area contributed by atoms with E-state index in [2.05, 4.69) is 25.9 Å². The fourth-order valence-corrected chi connectivity index (χ4v) is 5.06. The standard InChI is InChI=1S/C14H13BrCl2N4O2S/c15-10-8-12(13(17)19-9-10)24(22,23)21-6-4-20(5-7-21)14-11(16)2-1-3-18-14/h1-3,8-9H,4-7H2. The van der Waals surface area contributed by atoms with E-state index in [0.29, 0.717) is 41.5 Å². The molecule has 1 saturated heterocycles. The van der Waals surface area contributed by atoms with Crippen molar-refractivity contribution in [1.82, 2.24) is 14.3 Å². The summed E-state index contributed by atoms with van der Waals surface area (Å²) in [6.45, 7) is 1.63. The average Bonchev–Trinajstić information content (AvgIpc) is 2.57. The molecule has 2 aromatic rings. The molecule has 3 heterocycles. The van der Waals surface area contributed by atoms with Crippen LogP contribution in [0.25, 0.3) is 0 Å². The van der Waals surface area contributed by atoms with E-state index in [1.807, 2.05) is 4.90 Å². The normalized spacial score (nSPS) is 16.4. The lowest BCUT2D eigenvalue weighted by atomic mass is 10.3. The molecule has 0 saturated carbocycles. The van der Waals surface area contributed by atoms with Gasteiger partial charge in [-0.1, -0.05) is 23.2 Å². The topological polar surface area (TPSA) is 66.4 Å². The molecule has 1 fully saturated rings. The van der Waals surface area contributed by atoms with Gasteiger partial charge in [0, 0.05) is 43.0 Å². The number of hydrogen-bond acceptors (Lipinski definition) is 5. The van der Waals surface area contributed by atoms with Crippen molar-refractivity contribution in [3.63, 3.8) is 0 Å². The number of nitrogens with zero attached hydrogens (tertiary/aromatic N) is 4. The van der Waals surface area contributed by atoms with E-state index in [4.69, 9.17) is 23.2 Å². The lowest BCUT2D eigenvalue weighted by molar-refractivity contribution is 0.383. The molecule has 0 atom stereocenters. The van der Waals surface area contributed by atoms with E-state index in [1.165, 1.54) is 16.6 Å². The number of anilines is 1. The van der Waals surface area contributed by atoms with Crippen LogP contribution in [-0.2, 0) is 10.0 Å². The maximum absolute atomic E-state index is 12.8. The Hall–Kier alpha value is -0.930. The van der Waals surface area contributed by atoms with E-state index < -0.39 is 10.0 Å². The van der Waals surface area contributed by atoms with Crippen LogP contribution in [0.2, 0.25) is 10.2 Å². The van der Waals surface area contributed by atoms with E-state index >= 15 is 0 Å². The summed E-state index contributed by atoms with van der Waals surface area (Å²) in [7, 11) is -3.70. The SMILES string of the molecule is O=S(=O)(c1cc(Br)cnc1Cl)N1CCN(c2ncccc2Cl)CC1. The molecule has 0 radical (unpaired) electrons. The van der Waals surface area contributed by atoms with Gasteiger partial charge in [0.25, 0.3) is 0 Å². The Morgan fingerprint density at radius 2 is 1.83 bits per heavy atom. The number of piperazine rings is 1. The van der Waals surface area contributed by atoms with E-state index in [0.717, 1.165) is 0 Å². The first-order chi connectivity index (χ1) is 11.4. The molecular weight excluding hydrogens is 439 g/mol. The van der Waals surface area contributed by atoms with Crippen molar-refractivity contribution in [3.8, 4) is 0 Å². The van der Waals surface area contributed by atoms with Crippen LogP contribution in [0.3, 0.4) is 0 Å². The summed E-state index contributed by atoms with van der Waals surface area (Å²) in [4.78, 5) is 10.1. The van der Waals surface area contributed by atoms with Gasteiger partial charge in [-0.2, -0.15) is 4.31 Å². The number of rotatable bonds is 3. The highest BCUT2D eigenvalue weighted by molar-refractivity contribution is 9.10. The van der Waals surface area contributed by atoms with E-state index in [9.17, 15) is 8.42 Å². The van der Waals surface area contributed by atoms with Crippen LogP contribution in [0.5, 0.6) is 0 Å². The van der Waals surface area contributed by atoms with Gasteiger partial charge in [-0.05, 0) is 34.1 Å². The summed E-state index contributed by atoms with van der Waals surface area (Å²) in [5.41, 5.74) is 0. The number of hydrogen-bond donors (Lipinski definition) is 0. The van der Waals surface area contributed by atoms with Gasteiger partial charge in [0.1, 0.15) is 15.9 Å². The van der Waals surface area contributed by atoms with E-state index in [1.54, 1.807) is 18.3 Å². The summed E-state index contributed by atoms with van der Waals surface area (Å²) in [5, 5.41) is 0.515. The lowest BCUT2D eigenvalue weighted by Crippen LogP contribution is -2.49. The molecule has 3 rings (SSSR count). The molecule has 0 unspecified atom stereocenters. The summed E-state index contributed by atoms with van der Waals surface area (Å²) < 4.78 is 27.5. The summed E-state index contributed by atoms with van der Waals surface area (Å²) >= 11 is 15.3. The van der Waals surface area contributed by atoms with Crippen LogP contribution in [0.15, 0.2) is 40.0 Å². The molecule has 2 aromatic heterocycles. The molecule has 1 aliphatic rings. The summed E-state index contributed by atoms with van der Waals surface area (Å²) in [6.07, 6.45) is 3.12. The Morgan fingerprint density at radius 1 is 1.12 bits per heavy atom. The highest BCUT2D eigenvalue weighted by atomic mass is 79.9. The Bertz CT molecular complexity index is 858. The highest BCUT2D eigenvalue weighted by Crippen LogP contribution is 2.28. The fraction of sp³-hybridized carbons (Fsp3) is 0.286. The first-order valence-corrected chi connectivity index (χ1v) is 10.0. The van der Waals surface area contributed by atoms with Crippen molar-refractivity contribution in [3.05, 3.63) is 45.2 Å². The van der Waals surface area contributed by atoms with Crippen LogP contribution < -0.4 is 4.90 Å². The Labute approximate surface area is 158 Å². The summed E-state index contributed by atoms with van der Waals surface area (Å²) in [5.74, 6) is 0.665. The average molecular weight is 452 g/mol. The van der Waals surface area contributed by atoms with Gasteiger partial charge >= 0.3 is 0 Å². The molecule has 0 aromatic carbocycles. The highest BCUT2D eigenvalue weighted by Gasteiger charge is 2.31. The van der Waals surface area contributed by atoms with Crippen molar-refractivity contribution < 1.29 is 8.42 Å². The smallest absolute Gasteiger partial charge is 0.246 e. The van der Waals surface area contributed by atoms with Gasteiger partial charge in [0.2, 0.25) is 10.0 Å². The zero-order valence-corrected chi connectivity index (χ0v) is 16.3. The third-order valence-electron chi connectivity index (χ3n) is 3.67. The Morgan fingerprint density at radius 3 is 2.50 bits per heavy atom. The van der Waals surface area contributed by atoms with E-state index in [-0.39, 0.29) is 10.0 Å². The van der Waals surface area contributed by atoms with Crippen molar-refractivity contribution in [2.75, 3.05) is 31.1 Å². The van der Waals surface area contributed by atoms with Crippen LogP contribution in [0, 0.1) is 0 Å². The molecule has 6 nitrogen and oxygen atoms in total.